The third-order valence-electron chi connectivity index (χ3n) is 7.25. The topological polar surface area (TPSA) is 64.9 Å². The molecule has 0 saturated carbocycles. The number of hydrogen-bond donors (Lipinski definition) is 1. The van der Waals surface area contributed by atoms with Gasteiger partial charge in [-0.1, -0.05) is 54.6 Å². The molecule has 0 fully saturated rings. The second-order valence-corrected chi connectivity index (χ2v) is 10.9. The van der Waals surface area contributed by atoms with Crippen LogP contribution in [0.25, 0.3) is 37.4 Å². The molecule has 0 spiro atoms. The molecular formula is C34H31N3O3S. The van der Waals surface area contributed by atoms with E-state index in [1.807, 2.05) is 36.4 Å². The van der Waals surface area contributed by atoms with Gasteiger partial charge in [-0.05, 0) is 60.2 Å². The van der Waals surface area contributed by atoms with E-state index >= 15 is 0 Å². The van der Waals surface area contributed by atoms with Crippen LogP contribution in [0.1, 0.15) is 17.7 Å². The summed E-state index contributed by atoms with van der Waals surface area (Å²) in [5.41, 5.74) is 6.07. The molecule has 6 rings (SSSR count). The van der Waals surface area contributed by atoms with Gasteiger partial charge in [-0.3, -0.25) is 4.79 Å². The van der Waals surface area contributed by atoms with Crippen LogP contribution < -0.4 is 14.8 Å². The zero-order chi connectivity index (χ0) is 28.2. The number of ether oxygens (including phenoxy) is 2. The van der Waals surface area contributed by atoms with Crippen molar-refractivity contribution in [2.24, 2.45) is 0 Å². The van der Waals surface area contributed by atoms with Crippen molar-refractivity contribution in [3.8, 4) is 33.2 Å². The van der Waals surface area contributed by atoms with Crippen LogP contribution in [0.2, 0.25) is 0 Å². The lowest BCUT2D eigenvalue weighted by molar-refractivity contribution is -0.121. The molecule has 0 aliphatic carbocycles. The van der Waals surface area contributed by atoms with Crippen molar-refractivity contribution < 1.29 is 14.3 Å². The molecule has 206 valence electrons. The van der Waals surface area contributed by atoms with E-state index in [-0.39, 0.29) is 5.91 Å². The van der Waals surface area contributed by atoms with Crippen LogP contribution in [0.3, 0.4) is 0 Å². The number of carbonyl (C=O) groups excluding carboxylic acids is 1. The number of aromatic nitrogens is 2. The van der Waals surface area contributed by atoms with E-state index < -0.39 is 0 Å². The zero-order valence-electron chi connectivity index (χ0n) is 23.1. The lowest BCUT2D eigenvalue weighted by Gasteiger charge is -2.10. The SMILES string of the molecule is COc1ccc(CCNC(=O)CCc2c(-c3ccccc3)nc3ccc(-c4cc5ccccc5s4)cn23)cc1OC. The number of benzene rings is 3. The number of nitrogens with one attached hydrogen (secondary N) is 1. The monoisotopic (exact) mass is 561 g/mol. The van der Waals surface area contributed by atoms with Gasteiger partial charge in [-0.15, -0.1) is 11.3 Å². The van der Waals surface area contributed by atoms with Crippen LogP contribution >= 0.6 is 11.3 Å². The number of amides is 1. The van der Waals surface area contributed by atoms with Gasteiger partial charge in [0.25, 0.3) is 0 Å². The summed E-state index contributed by atoms with van der Waals surface area (Å²) < 4.78 is 14.1. The van der Waals surface area contributed by atoms with E-state index in [1.54, 1.807) is 25.6 Å². The van der Waals surface area contributed by atoms with Gasteiger partial charge in [0.05, 0.1) is 25.6 Å². The van der Waals surface area contributed by atoms with E-state index in [9.17, 15) is 4.79 Å². The lowest BCUT2D eigenvalue weighted by Crippen LogP contribution is -2.26. The Morgan fingerprint density at radius 2 is 1.66 bits per heavy atom. The fourth-order valence-corrected chi connectivity index (χ4v) is 6.18. The predicted molar refractivity (Wildman–Crippen MR) is 166 cm³/mol. The van der Waals surface area contributed by atoms with Crippen molar-refractivity contribution in [3.05, 3.63) is 108 Å². The van der Waals surface area contributed by atoms with E-state index in [2.05, 4.69) is 70.5 Å². The number of methoxy groups -OCH3 is 2. The molecule has 6 nitrogen and oxygen atoms in total. The summed E-state index contributed by atoms with van der Waals surface area (Å²) in [4.78, 5) is 19.1. The first-order chi connectivity index (χ1) is 20.1. The van der Waals surface area contributed by atoms with E-state index in [4.69, 9.17) is 14.5 Å². The highest BCUT2D eigenvalue weighted by atomic mass is 32.1. The second kappa shape index (κ2) is 11.9. The van der Waals surface area contributed by atoms with Crippen LogP contribution in [0.15, 0.2) is 97.2 Å². The molecule has 0 bridgehead atoms. The van der Waals surface area contributed by atoms with Gasteiger partial charge in [-0.2, -0.15) is 0 Å². The Morgan fingerprint density at radius 3 is 2.46 bits per heavy atom. The molecule has 0 radical (unpaired) electrons. The molecular weight excluding hydrogens is 530 g/mol. The van der Waals surface area contributed by atoms with Crippen molar-refractivity contribution in [1.29, 1.82) is 0 Å². The molecule has 0 saturated heterocycles. The summed E-state index contributed by atoms with van der Waals surface area (Å²) in [6.45, 7) is 0.545. The Labute approximate surface area is 243 Å². The second-order valence-electron chi connectivity index (χ2n) is 9.86. The van der Waals surface area contributed by atoms with Crippen LogP contribution in [-0.2, 0) is 17.6 Å². The number of nitrogens with zero attached hydrogens (tertiary/aromatic N) is 2. The molecule has 41 heavy (non-hydrogen) atoms. The third kappa shape index (κ3) is 5.67. The fourth-order valence-electron chi connectivity index (χ4n) is 5.13. The Hall–Kier alpha value is -4.62. The van der Waals surface area contributed by atoms with Crippen molar-refractivity contribution in [2.45, 2.75) is 19.3 Å². The molecule has 1 amide bonds. The van der Waals surface area contributed by atoms with Crippen molar-refractivity contribution in [3.63, 3.8) is 0 Å². The highest BCUT2D eigenvalue weighted by Crippen LogP contribution is 2.35. The molecule has 1 N–H and O–H groups in total. The van der Waals surface area contributed by atoms with E-state index in [1.165, 1.54) is 15.0 Å². The minimum atomic E-state index is 0.0140. The number of pyridine rings is 1. The molecule has 3 heterocycles. The molecule has 3 aromatic heterocycles. The van der Waals surface area contributed by atoms with E-state index in [0.29, 0.717) is 37.3 Å². The van der Waals surface area contributed by atoms with Crippen LogP contribution in [0.4, 0.5) is 0 Å². The van der Waals surface area contributed by atoms with Crippen molar-refractivity contribution in [2.75, 3.05) is 20.8 Å². The smallest absolute Gasteiger partial charge is 0.220 e. The quantitative estimate of drug-likeness (QED) is 0.192. The van der Waals surface area contributed by atoms with Gasteiger partial charge in [-0.25, -0.2) is 4.98 Å². The number of rotatable bonds is 10. The maximum Gasteiger partial charge on any atom is 0.220 e. The molecule has 7 heteroatoms. The van der Waals surface area contributed by atoms with Crippen LogP contribution in [-0.4, -0.2) is 36.1 Å². The number of fused-ring (bicyclic) bond motifs is 2. The average molecular weight is 562 g/mol. The first kappa shape index (κ1) is 26.6. The molecule has 6 aromatic rings. The molecule has 0 aliphatic rings. The number of thiophene rings is 1. The molecule has 0 atom stereocenters. The molecule has 0 unspecified atom stereocenters. The summed E-state index contributed by atoms with van der Waals surface area (Å²) in [5.74, 6) is 1.39. The molecule has 0 aliphatic heterocycles. The summed E-state index contributed by atoms with van der Waals surface area (Å²) in [6, 6.07) is 30.9. The van der Waals surface area contributed by atoms with Crippen LogP contribution in [0.5, 0.6) is 11.5 Å². The largest absolute Gasteiger partial charge is 0.493 e. The average Bonchev–Trinajstić information content (AvgIpc) is 3.61. The zero-order valence-corrected chi connectivity index (χ0v) is 23.9. The van der Waals surface area contributed by atoms with Gasteiger partial charge in [0.15, 0.2) is 11.5 Å². The number of imidazole rings is 1. The Kier molecular flexibility index (Phi) is 7.69. The highest BCUT2D eigenvalue weighted by molar-refractivity contribution is 7.22. The van der Waals surface area contributed by atoms with Crippen LogP contribution in [0, 0.1) is 0 Å². The summed E-state index contributed by atoms with van der Waals surface area (Å²) in [6.07, 6.45) is 3.80. The van der Waals surface area contributed by atoms with Gasteiger partial charge in [0.2, 0.25) is 5.91 Å². The Balaban J connectivity index is 1.22. The first-order valence-corrected chi connectivity index (χ1v) is 14.5. The van der Waals surface area contributed by atoms with Crippen molar-refractivity contribution >= 4 is 33.0 Å². The maximum atomic E-state index is 12.9. The Morgan fingerprint density at radius 1 is 0.854 bits per heavy atom. The standard InChI is InChI=1S/C34H31N3O3S/c1-39-28-15-12-23(20-29(28)40-2)18-19-35-33(38)17-14-27-34(24-8-4-3-5-9-24)36-32-16-13-26(22-37(27)32)31-21-25-10-6-7-11-30(25)41-31/h3-13,15-16,20-22H,14,17-19H2,1-2H3,(H,35,38). The maximum absolute atomic E-state index is 12.9. The van der Waals surface area contributed by atoms with Gasteiger partial charge in [0.1, 0.15) is 5.65 Å². The van der Waals surface area contributed by atoms with Gasteiger partial charge >= 0.3 is 0 Å². The predicted octanol–water partition coefficient (Wildman–Crippen LogP) is 7.19. The van der Waals surface area contributed by atoms with Gasteiger partial charge in [0, 0.05) is 39.9 Å². The van der Waals surface area contributed by atoms with E-state index in [0.717, 1.165) is 33.7 Å². The number of aryl methyl sites for hydroxylation is 1. The number of carbonyl (C=O) groups is 1. The Bertz CT molecular complexity index is 1790. The minimum absolute atomic E-state index is 0.0140. The summed E-state index contributed by atoms with van der Waals surface area (Å²) in [5, 5.41) is 4.32. The number of hydrogen-bond acceptors (Lipinski definition) is 5. The van der Waals surface area contributed by atoms with Gasteiger partial charge < -0.3 is 19.2 Å². The minimum Gasteiger partial charge on any atom is -0.493 e. The normalized spacial score (nSPS) is 11.2. The fraction of sp³-hybridized carbons (Fsp3) is 0.176. The first-order valence-electron chi connectivity index (χ1n) is 13.7. The summed E-state index contributed by atoms with van der Waals surface area (Å²) >= 11 is 1.79. The highest BCUT2D eigenvalue weighted by Gasteiger charge is 2.17. The summed E-state index contributed by atoms with van der Waals surface area (Å²) in [7, 11) is 3.24. The third-order valence-corrected chi connectivity index (χ3v) is 8.41. The molecule has 3 aromatic carbocycles. The van der Waals surface area contributed by atoms with Crippen molar-refractivity contribution in [1.82, 2.24) is 14.7 Å². The lowest BCUT2D eigenvalue weighted by atomic mass is 10.1.